The summed E-state index contributed by atoms with van der Waals surface area (Å²) >= 11 is 0. The molecule has 0 spiro atoms. The van der Waals surface area contributed by atoms with Crippen LogP contribution in [0.25, 0.3) is 0 Å². The maximum Gasteiger partial charge on any atom is 0.276 e. The molecule has 0 radical (unpaired) electrons. The zero-order chi connectivity index (χ0) is 14.0. The number of nitrogens with two attached hydrogens (primary N) is 1. The van der Waals surface area contributed by atoms with Gasteiger partial charge in [0.1, 0.15) is 5.76 Å². The molecule has 1 aliphatic rings. The molecule has 1 aromatic heterocycles. The molecular formula is C12H21N3O3S. The second-order valence-corrected chi connectivity index (χ2v) is 6.63. The molecule has 1 aromatic rings. The number of sulfonamides is 1. The summed E-state index contributed by atoms with van der Waals surface area (Å²) in [6, 6.07) is 3.31. The Morgan fingerprint density at radius 1 is 1.42 bits per heavy atom. The summed E-state index contributed by atoms with van der Waals surface area (Å²) in [6.07, 6.45) is 0. The molecule has 108 valence electrons. The third kappa shape index (κ3) is 2.84. The van der Waals surface area contributed by atoms with E-state index in [9.17, 15) is 8.42 Å². The van der Waals surface area contributed by atoms with Gasteiger partial charge < -0.3 is 10.2 Å². The molecule has 2 rings (SSSR count). The Morgan fingerprint density at radius 2 is 2.16 bits per heavy atom. The van der Waals surface area contributed by atoms with Gasteiger partial charge in [0, 0.05) is 25.7 Å². The van der Waals surface area contributed by atoms with Crippen molar-refractivity contribution in [2.75, 3.05) is 26.2 Å². The second-order valence-electron chi connectivity index (χ2n) is 4.77. The quantitative estimate of drug-likeness (QED) is 0.870. The first-order valence-corrected chi connectivity index (χ1v) is 7.96. The van der Waals surface area contributed by atoms with Gasteiger partial charge in [-0.05, 0) is 25.6 Å². The van der Waals surface area contributed by atoms with Crippen LogP contribution in [0.15, 0.2) is 21.6 Å². The van der Waals surface area contributed by atoms with E-state index in [1.165, 1.54) is 10.4 Å². The highest BCUT2D eigenvalue weighted by Crippen LogP contribution is 2.21. The van der Waals surface area contributed by atoms with E-state index in [0.29, 0.717) is 18.8 Å². The fraction of sp³-hybridized carbons (Fsp3) is 0.667. The van der Waals surface area contributed by atoms with Crippen LogP contribution in [0.2, 0.25) is 0 Å². The topological polar surface area (TPSA) is 79.8 Å². The van der Waals surface area contributed by atoms with Crippen molar-refractivity contribution in [3.8, 4) is 0 Å². The third-order valence-electron chi connectivity index (χ3n) is 3.57. The molecule has 2 heterocycles. The van der Waals surface area contributed by atoms with Gasteiger partial charge in [0.25, 0.3) is 10.0 Å². The average Bonchev–Trinajstić information content (AvgIpc) is 2.88. The van der Waals surface area contributed by atoms with Gasteiger partial charge in [-0.3, -0.25) is 4.90 Å². The van der Waals surface area contributed by atoms with Gasteiger partial charge >= 0.3 is 0 Å². The zero-order valence-electron chi connectivity index (χ0n) is 11.4. The van der Waals surface area contributed by atoms with E-state index in [1.807, 2.05) is 6.92 Å². The van der Waals surface area contributed by atoms with Crippen LogP contribution in [0, 0.1) is 0 Å². The number of hydrogen-bond donors (Lipinski definition) is 1. The summed E-state index contributed by atoms with van der Waals surface area (Å²) in [5.41, 5.74) is 5.43. The molecule has 0 amide bonds. The molecule has 19 heavy (non-hydrogen) atoms. The minimum absolute atomic E-state index is 0.00917. The lowest BCUT2D eigenvalue weighted by Crippen LogP contribution is -2.53. The molecule has 1 aliphatic heterocycles. The van der Waals surface area contributed by atoms with E-state index in [-0.39, 0.29) is 17.7 Å². The van der Waals surface area contributed by atoms with Crippen LogP contribution in [0.1, 0.15) is 19.6 Å². The van der Waals surface area contributed by atoms with Crippen molar-refractivity contribution in [2.24, 2.45) is 5.73 Å². The number of furan rings is 1. The number of hydrogen-bond acceptors (Lipinski definition) is 5. The second kappa shape index (κ2) is 5.62. The molecule has 1 saturated heterocycles. The maximum absolute atomic E-state index is 12.4. The van der Waals surface area contributed by atoms with Gasteiger partial charge in [0.2, 0.25) is 5.09 Å². The van der Waals surface area contributed by atoms with Gasteiger partial charge in [-0.15, -0.1) is 0 Å². The van der Waals surface area contributed by atoms with E-state index < -0.39 is 10.0 Å². The predicted molar refractivity (Wildman–Crippen MR) is 72.1 cm³/mol. The van der Waals surface area contributed by atoms with Crippen LogP contribution in [0.4, 0.5) is 0 Å². The highest BCUT2D eigenvalue weighted by atomic mass is 32.2. The first-order chi connectivity index (χ1) is 8.98. The Kier molecular flexibility index (Phi) is 4.29. The molecule has 0 bridgehead atoms. The zero-order valence-corrected chi connectivity index (χ0v) is 12.2. The SMILES string of the molecule is CCN1CCN(S(=O)(=O)c2ccc(CN)o2)CC1C. The highest BCUT2D eigenvalue weighted by molar-refractivity contribution is 7.89. The number of nitrogens with zero attached hydrogens (tertiary/aromatic N) is 2. The minimum Gasteiger partial charge on any atom is -0.447 e. The van der Waals surface area contributed by atoms with Crippen molar-refractivity contribution < 1.29 is 12.8 Å². The van der Waals surface area contributed by atoms with Gasteiger partial charge in [-0.2, -0.15) is 4.31 Å². The molecule has 1 unspecified atom stereocenters. The van der Waals surface area contributed by atoms with Crippen molar-refractivity contribution in [2.45, 2.75) is 31.5 Å². The number of piperazine rings is 1. The van der Waals surface area contributed by atoms with Gasteiger partial charge in [-0.1, -0.05) is 6.92 Å². The lowest BCUT2D eigenvalue weighted by molar-refractivity contribution is 0.134. The van der Waals surface area contributed by atoms with Crippen molar-refractivity contribution in [3.05, 3.63) is 17.9 Å². The molecule has 0 saturated carbocycles. The van der Waals surface area contributed by atoms with Crippen molar-refractivity contribution >= 4 is 10.0 Å². The van der Waals surface area contributed by atoms with E-state index >= 15 is 0 Å². The van der Waals surface area contributed by atoms with Crippen LogP contribution < -0.4 is 5.73 Å². The Morgan fingerprint density at radius 3 is 2.68 bits per heavy atom. The van der Waals surface area contributed by atoms with E-state index in [2.05, 4.69) is 11.8 Å². The Labute approximate surface area is 114 Å². The molecule has 1 atom stereocenters. The van der Waals surface area contributed by atoms with E-state index in [0.717, 1.165) is 13.1 Å². The standard InChI is InChI=1S/C12H21N3O3S/c1-3-14-6-7-15(9-10(14)2)19(16,17)12-5-4-11(8-13)18-12/h4-5,10H,3,6-9,13H2,1-2H3. The summed E-state index contributed by atoms with van der Waals surface area (Å²) in [5, 5.41) is -0.00917. The Hall–Kier alpha value is -0.890. The largest absolute Gasteiger partial charge is 0.447 e. The number of rotatable bonds is 4. The third-order valence-corrected chi connectivity index (χ3v) is 5.31. The van der Waals surface area contributed by atoms with Crippen LogP contribution in [-0.2, 0) is 16.6 Å². The summed E-state index contributed by atoms with van der Waals surface area (Å²) in [7, 11) is -3.53. The fourth-order valence-corrected chi connectivity index (χ4v) is 3.82. The van der Waals surface area contributed by atoms with Crippen molar-refractivity contribution in [3.63, 3.8) is 0 Å². The Balaban J connectivity index is 2.17. The molecule has 7 heteroatoms. The molecular weight excluding hydrogens is 266 g/mol. The normalized spacial score (nSPS) is 22.8. The highest BCUT2D eigenvalue weighted by Gasteiger charge is 2.33. The first-order valence-electron chi connectivity index (χ1n) is 6.52. The van der Waals surface area contributed by atoms with Crippen molar-refractivity contribution in [1.29, 1.82) is 0 Å². The molecule has 6 nitrogen and oxygen atoms in total. The fourth-order valence-electron chi connectivity index (χ4n) is 2.38. The molecule has 1 fully saturated rings. The maximum atomic E-state index is 12.4. The van der Waals surface area contributed by atoms with Gasteiger partial charge in [-0.25, -0.2) is 8.42 Å². The smallest absolute Gasteiger partial charge is 0.276 e. The van der Waals surface area contributed by atoms with E-state index in [1.54, 1.807) is 6.07 Å². The summed E-state index contributed by atoms with van der Waals surface area (Å²) < 4.78 is 31.6. The summed E-state index contributed by atoms with van der Waals surface area (Å²) in [6.45, 7) is 7.01. The van der Waals surface area contributed by atoms with Gasteiger partial charge in [0.15, 0.2) is 0 Å². The van der Waals surface area contributed by atoms with Crippen LogP contribution in [0.5, 0.6) is 0 Å². The van der Waals surface area contributed by atoms with Crippen LogP contribution in [-0.4, -0.2) is 49.8 Å². The number of likely N-dealkylation sites (N-methyl/N-ethyl adjacent to an activating group) is 1. The lowest BCUT2D eigenvalue weighted by atomic mass is 10.2. The van der Waals surface area contributed by atoms with Crippen LogP contribution >= 0.6 is 0 Å². The van der Waals surface area contributed by atoms with Gasteiger partial charge in [0.05, 0.1) is 6.54 Å². The van der Waals surface area contributed by atoms with Crippen molar-refractivity contribution in [1.82, 2.24) is 9.21 Å². The lowest BCUT2D eigenvalue weighted by Gasteiger charge is -2.38. The monoisotopic (exact) mass is 287 g/mol. The Bertz CT molecular complexity index is 526. The molecule has 0 aliphatic carbocycles. The van der Waals surface area contributed by atoms with E-state index in [4.69, 9.17) is 10.2 Å². The predicted octanol–water partition coefficient (Wildman–Crippen LogP) is 0.453. The minimum atomic E-state index is -3.53. The van der Waals surface area contributed by atoms with Crippen LogP contribution in [0.3, 0.4) is 0 Å². The summed E-state index contributed by atoms with van der Waals surface area (Å²) in [4.78, 5) is 2.26. The molecule has 2 N–H and O–H groups in total. The average molecular weight is 287 g/mol. The molecule has 0 aromatic carbocycles. The summed E-state index contributed by atoms with van der Waals surface area (Å²) in [5.74, 6) is 0.485. The first kappa shape index (κ1) is 14.5.